The number of likely N-dealkylation sites (N-methyl/N-ethyl adjacent to an activating group) is 1. The molecular weight excluding hydrogens is 554 g/mol. The molecule has 0 radical (unpaired) electrons. The number of fused-ring (bicyclic) bond motifs is 11. The molecule has 3 unspecified atom stereocenters. The molecule has 5 heterocycles. The van der Waals surface area contributed by atoms with Crippen molar-refractivity contribution >= 4 is 34.5 Å². The van der Waals surface area contributed by atoms with Gasteiger partial charge in [-0.25, -0.2) is 15.0 Å². The summed E-state index contributed by atoms with van der Waals surface area (Å²) in [6, 6.07) is 39.5. The first-order chi connectivity index (χ1) is 22.2. The highest BCUT2D eigenvalue weighted by atomic mass is 15.6. The predicted molar refractivity (Wildman–Crippen MR) is 181 cm³/mol. The lowest BCUT2D eigenvalue weighted by Crippen LogP contribution is -2.70. The van der Waals surface area contributed by atoms with Gasteiger partial charge in [-0.15, -0.1) is 0 Å². The topological polar surface area (TPSA) is 51.1 Å². The molecule has 7 heteroatoms. The fourth-order valence-electron chi connectivity index (χ4n) is 9.23. The third kappa shape index (κ3) is 3.08. The number of rotatable bonds is 4. The van der Waals surface area contributed by atoms with E-state index in [1.165, 1.54) is 16.8 Å². The van der Waals surface area contributed by atoms with E-state index < -0.39 is 5.41 Å². The Hall–Kier alpha value is -5.17. The maximum Gasteiger partial charge on any atom is 0.178 e. The van der Waals surface area contributed by atoms with Crippen LogP contribution in [0.15, 0.2) is 127 Å². The summed E-state index contributed by atoms with van der Waals surface area (Å²) in [5.41, 5.74) is 6.49. The Morgan fingerprint density at radius 2 is 1.20 bits per heavy atom. The van der Waals surface area contributed by atoms with Crippen molar-refractivity contribution in [3.63, 3.8) is 0 Å². The van der Waals surface area contributed by atoms with Crippen LogP contribution in [0, 0.1) is 5.41 Å². The number of hydrogen-bond donors (Lipinski definition) is 0. The predicted octanol–water partition coefficient (Wildman–Crippen LogP) is 7.52. The molecule has 1 aromatic heterocycles. The minimum Gasteiger partial charge on any atom is -0.335 e. The van der Waals surface area contributed by atoms with Crippen LogP contribution in [-0.4, -0.2) is 35.2 Å². The van der Waals surface area contributed by atoms with Crippen LogP contribution in [0.1, 0.15) is 43.4 Å². The largest absolute Gasteiger partial charge is 0.335 e. The van der Waals surface area contributed by atoms with Gasteiger partial charge in [0.05, 0.1) is 11.1 Å². The lowest BCUT2D eigenvalue weighted by atomic mass is 9.50. The van der Waals surface area contributed by atoms with Crippen molar-refractivity contribution < 1.29 is 0 Å². The normalized spacial score (nSPS) is 23.4. The standard InChI is InChI=1S/C38H35N7/c1-4-37(5-2)35-43(27-18-10-7-11-19-27)32(26-16-8-6-9-17-26)41-45(35)31-23-15-13-21-29(31)38(37)28-20-12-14-22-30(28)44-34-33(39-24-25-40-34)42(3)36(38)44/h6-25,35-36H,4-5H2,1-3H3. The third-order valence-corrected chi connectivity index (χ3v) is 10.9. The van der Waals surface area contributed by atoms with Crippen LogP contribution in [-0.2, 0) is 5.41 Å². The molecule has 0 bridgehead atoms. The number of nitrogens with zero attached hydrogens (tertiary/aromatic N) is 7. The highest BCUT2D eigenvalue weighted by molar-refractivity contribution is 6.13. The highest BCUT2D eigenvalue weighted by Gasteiger charge is 2.73. The molecule has 5 aromatic rings. The summed E-state index contributed by atoms with van der Waals surface area (Å²) in [6.45, 7) is 4.76. The summed E-state index contributed by atoms with van der Waals surface area (Å²) >= 11 is 0. The van der Waals surface area contributed by atoms with Crippen LogP contribution in [0.25, 0.3) is 0 Å². The number of hydrazone groups is 1. The van der Waals surface area contributed by atoms with E-state index in [-0.39, 0.29) is 17.7 Å². The van der Waals surface area contributed by atoms with Crippen molar-refractivity contribution in [3.05, 3.63) is 138 Å². The maximum atomic E-state index is 5.55. The zero-order chi connectivity index (χ0) is 30.3. The van der Waals surface area contributed by atoms with Crippen molar-refractivity contribution in [2.75, 3.05) is 26.8 Å². The van der Waals surface area contributed by atoms with Crippen LogP contribution in [0.3, 0.4) is 0 Å². The van der Waals surface area contributed by atoms with Crippen molar-refractivity contribution in [2.45, 2.75) is 44.4 Å². The molecular formula is C38H35N7. The van der Waals surface area contributed by atoms with Crippen molar-refractivity contribution in [3.8, 4) is 0 Å². The van der Waals surface area contributed by atoms with E-state index in [2.05, 4.69) is 150 Å². The lowest BCUT2D eigenvalue weighted by molar-refractivity contribution is 0.0740. The van der Waals surface area contributed by atoms with Crippen LogP contribution >= 0.6 is 0 Å². The van der Waals surface area contributed by atoms with Gasteiger partial charge in [0.25, 0.3) is 0 Å². The van der Waals surface area contributed by atoms with Crippen molar-refractivity contribution in [1.29, 1.82) is 0 Å². The molecule has 4 aliphatic rings. The van der Waals surface area contributed by atoms with Crippen LogP contribution in [0.2, 0.25) is 0 Å². The van der Waals surface area contributed by atoms with Gasteiger partial charge in [0.1, 0.15) is 12.3 Å². The molecule has 3 atom stereocenters. The number of anilines is 5. The summed E-state index contributed by atoms with van der Waals surface area (Å²) in [7, 11) is 2.20. The molecule has 1 spiro atoms. The molecule has 45 heavy (non-hydrogen) atoms. The first-order valence-corrected chi connectivity index (χ1v) is 16.0. The number of benzene rings is 4. The number of amidine groups is 1. The highest BCUT2D eigenvalue weighted by Crippen LogP contribution is 2.71. The smallest absolute Gasteiger partial charge is 0.178 e. The van der Waals surface area contributed by atoms with E-state index in [0.29, 0.717) is 0 Å². The maximum absolute atomic E-state index is 5.55. The Bertz CT molecular complexity index is 1950. The number of hydrogen-bond acceptors (Lipinski definition) is 7. The summed E-state index contributed by atoms with van der Waals surface area (Å²) in [5.74, 6) is 2.81. The number of aromatic nitrogens is 2. The molecule has 0 saturated carbocycles. The quantitative estimate of drug-likeness (QED) is 0.216. The van der Waals surface area contributed by atoms with Gasteiger partial charge in [-0.05, 0) is 48.2 Å². The lowest BCUT2D eigenvalue weighted by Gasteiger charge is -2.61. The Morgan fingerprint density at radius 1 is 0.622 bits per heavy atom. The van der Waals surface area contributed by atoms with Gasteiger partial charge in [0.15, 0.2) is 17.5 Å². The van der Waals surface area contributed by atoms with Gasteiger partial charge in [0.2, 0.25) is 0 Å². The summed E-state index contributed by atoms with van der Waals surface area (Å²) < 4.78 is 0. The third-order valence-electron chi connectivity index (χ3n) is 10.9. The van der Waals surface area contributed by atoms with E-state index in [1.54, 1.807) is 0 Å². The van der Waals surface area contributed by atoms with E-state index in [4.69, 9.17) is 15.1 Å². The second kappa shape index (κ2) is 9.41. The summed E-state index contributed by atoms with van der Waals surface area (Å²) in [5, 5.41) is 7.89. The zero-order valence-electron chi connectivity index (χ0n) is 25.7. The first kappa shape index (κ1) is 26.3. The molecule has 9 rings (SSSR count). The van der Waals surface area contributed by atoms with E-state index in [1.807, 2.05) is 12.4 Å². The zero-order valence-corrected chi connectivity index (χ0v) is 25.7. The fourth-order valence-corrected chi connectivity index (χ4v) is 9.23. The van der Waals surface area contributed by atoms with Gasteiger partial charge in [-0.3, -0.25) is 0 Å². The summed E-state index contributed by atoms with van der Waals surface area (Å²) in [4.78, 5) is 17.2. The fraction of sp³-hybridized carbons (Fsp3) is 0.237. The average Bonchev–Trinajstić information content (AvgIpc) is 3.75. The molecule has 0 N–H and O–H groups in total. The van der Waals surface area contributed by atoms with E-state index in [0.717, 1.165) is 47.3 Å². The molecule has 4 aliphatic heterocycles. The number of para-hydroxylation sites is 3. The van der Waals surface area contributed by atoms with Crippen LogP contribution in [0.5, 0.6) is 0 Å². The van der Waals surface area contributed by atoms with Gasteiger partial charge in [-0.1, -0.05) is 98.8 Å². The molecule has 4 aromatic carbocycles. The molecule has 0 amide bonds. The first-order valence-electron chi connectivity index (χ1n) is 16.0. The van der Waals surface area contributed by atoms with E-state index >= 15 is 0 Å². The summed E-state index contributed by atoms with van der Waals surface area (Å²) in [6.07, 6.45) is 5.35. The minimum absolute atomic E-state index is 0.0612. The van der Waals surface area contributed by atoms with Gasteiger partial charge in [-0.2, -0.15) is 5.10 Å². The second-order valence-corrected chi connectivity index (χ2v) is 12.5. The van der Waals surface area contributed by atoms with Crippen LogP contribution < -0.4 is 19.7 Å². The van der Waals surface area contributed by atoms with E-state index in [9.17, 15) is 0 Å². The van der Waals surface area contributed by atoms with Crippen LogP contribution in [0.4, 0.5) is 28.7 Å². The molecule has 0 saturated heterocycles. The Balaban J connectivity index is 1.40. The van der Waals surface area contributed by atoms with Gasteiger partial charge >= 0.3 is 0 Å². The van der Waals surface area contributed by atoms with Gasteiger partial charge < -0.3 is 14.7 Å². The van der Waals surface area contributed by atoms with Gasteiger partial charge in [0, 0.05) is 41.8 Å². The molecule has 0 aliphatic carbocycles. The molecule has 0 fully saturated rings. The molecule has 7 nitrogen and oxygen atoms in total. The Kier molecular flexibility index (Phi) is 5.49. The second-order valence-electron chi connectivity index (χ2n) is 12.5. The van der Waals surface area contributed by atoms with Crippen molar-refractivity contribution in [1.82, 2.24) is 9.97 Å². The Morgan fingerprint density at radius 3 is 1.89 bits per heavy atom. The van der Waals surface area contributed by atoms with Crippen molar-refractivity contribution in [2.24, 2.45) is 10.5 Å². The average molecular weight is 590 g/mol. The Labute approximate surface area is 264 Å². The minimum atomic E-state index is -0.448. The molecule has 222 valence electrons. The monoisotopic (exact) mass is 589 g/mol. The SMILES string of the molecule is CCC1(CC)C2N(N=C(c3ccccc3)N2c2ccccc2)c2ccccc2C12c1ccccc1N1c3nccnc3N(C)C12.